The Bertz CT molecular complexity index is 1130. The summed E-state index contributed by atoms with van der Waals surface area (Å²) in [6.07, 6.45) is -1.98. The lowest BCUT2D eigenvalue weighted by atomic mass is 10.1. The zero-order valence-electron chi connectivity index (χ0n) is 15.5. The normalized spacial score (nSPS) is 11.3. The number of amides is 2. The topological polar surface area (TPSA) is 96.9 Å². The van der Waals surface area contributed by atoms with Gasteiger partial charge in [-0.05, 0) is 31.5 Å². The van der Waals surface area contributed by atoms with Crippen molar-refractivity contribution in [1.82, 2.24) is 15.0 Å². The maximum Gasteiger partial charge on any atom is 0.434 e. The van der Waals surface area contributed by atoms with Gasteiger partial charge < -0.3 is 10.6 Å². The van der Waals surface area contributed by atoms with Crippen LogP contribution in [0, 0.1) is 19.7 Å². The fourth-order valence-electron chi connectivity index (χ4n) is 2.38. The minimum atomic E-state index is -4.75. The van der Waals surface area contributed by atoms with Gasteiger partial charge in [0.25, 0.3) is 11.8 Å². The molecule has 2 heterocycles. The van der Waals surface area contributed by atoms with Crippen LogP contribution in [0.1, 0.15) is 36.3 Å². The van der Waals surface area contributed by atoms with Crippen molar-refractivity contribution in [3.05, 3.63) is 63.2 Å². The van der Waals surface area contributed by atoms with Crippen LogP contribution < -0.4 is 10.6 Å². The molecule has 0 aliphatic carbocycles. The SMILES string of the molecule is Cc1ncc(C(=O)Nc2cc(C(=O)Nc3cncc(C(F)(F)F)n3)c(F)cc2C)s1. The van der Waals surface area contributed by atoms with Crippen LogP contribution in [-0.4, -0.2) is 26.8 Å². The van der Waals surface area contributed by atoms with Crippen molar-refractivity contribution in [1.29, 1.82) is 0 Å². The highest BCUT2D eigenvalue weighted by Gasteiger charge is 2.33. The third kappa shape index (κ3) is 4.76. The first-order chi connectivity index (χ1) is 14.0. The lowest BCUT2D eigenvalue weighted by Crippen LogP contribution is -2.18. The molecule has 3 rings (SSSR count). The monoisotopic (exact) mass is 439 g/mol. The zero-order chi connectivity index (χ0) is 22.1. The first-order valence-electron chi connectivity index (χ1n) is 8.29. The van der Waals surface area contributed by atoms with Crippen molar-refractivity contribution in [3.63, 3.8) is 0 Å². The molecule has 0 atom stereocenters. The van der Waals surface area contributed by atoms with Crippen LogP contribution in [0.2, 0.25) is 0 Å². The summed E-state index contributed by atoms with van der Waals surface area (Å²) in [5.74, 6) is -2.97. The number of carbonyl (C=O) groups is 2. The Morgan fingerprint density at radius 3 is 2.40 bits per heavy atom. The van der Waals surface area contributed by atoms with Gasteiger partial charge in [0, 0.05) is 5.69 Å². The molecule has 0 fully saturated rings. The van der Waals surface area contributed by atoms with E-state index in [0.29, 0.717) is 21.6 Å². The number of aromatic nitrogens is 3. The number of alkyl halides is 3. The molecule has 7 nitrogen and oxygen atoms in total. The third-order valence-corrected chi connectivity index (χ3v) is 4.73. The fourth-order valence-corrected chi connectivity index (χ4v) is 3.05. The zero-order valence-corrected chi connectivity index (χ0v) is 16.3. The molecule has 1 aromatic carbocycles. The van der Waals surface area contributed by atoms with Crippen molar-refractivity contribution in [2.75, 3.05) is 10.6 Å². The molecule has 2 aromatic heterocycles. The number of nitrogens with zero attached hydrogens (tertiary/aromatic N) is 3. The highest BCUT2D eigenvalue weighted by molar-refractivity contribution is 7.13. The van der Waals surface area contributed by atoms with E-state index in [1.165, 1.54) is 13.1 Å². The van der Waals surface area contributed by atoms with Crippen LogP contribution in [0.4, 0.5) is 29.1 Å². The molecule has 156 valence electrons. The van der Waals surface area contributed by atoms with E-state index in [2.05, 4.69) is 25.6 Å². The summed E-state index contributed by atoms with van der Waals surface area (Å²) in [4.78, 5) is 35.6. The fraction of sp³-hybridized carbons (Fsp3) is 0.167. The molecule has 0 saturated heterocycles. The summed E-state index contributed by atoms with van der Waals surface area (Å²) < 4.78 is 52.5. The molecule has 0 radical (unpaired) electrons. The van der Waals surface area contributed by atoms with Crippen molar-refractivity contribution in [2.24, 2.45) is 0 Å². The second-order valence-electron chi connectivity index (χ2n) is 6.09. The molecule has 0 aliphatic rings. The Balaban J connectivity index is 1.84. The van der Waals surface area contributed by atoms with E-state index in [1.807, 2.05) is 0 Å². The highest BCUT2D eigenvalue weighted by Crippen LogP contribution is 2.28. The van der Waals surface area contributed by atoms with E-state index in [0.717, 1.165) is 29.7 Å². The van der Waals surface area contributed by atoms with Gasteiger partial charge in [-0.3, -0.25) is 14.6 Å². The molecule has 0 aliphatic heterocycles. The number of aryl methyl sites for hydroxylation is 2. The smallest absolute Gasteiger partial charge is 0.321 e. The quantitative estimate of drug-likeness (QED) is 0.594. The minimum Gasteiger partial charge on any atom is -0.321 e. The van der Waals surface area contributed by atoms with E-state index >= 15 is 0 Å². The van der Waals surface area contributed by atoms with Gasteiger partial charge in [-0.25, -0.2) is 14.4 Å². The van der Waals surface area contributed by atoms with Gasteiger partial charge in [-0.15, -0.1) is 11.3 Å². The molecule has 30 heavy (non-hydrogen) atoms. The van der Waals surface area contributed by atoms with Crippen LogP contribution in [0.25, 0.3) is 0 Å². The predicted molar refractivity (Wildman–Crippen MR) is 101 cm³/mol. The summed E-state index contributed by atoms with van der Waals surface area (Å²) in [6.45, 7) is 3.25. The van der Waals surface area contributed by atoms with Gasteiger partial charge in [0.1, 0.15) is 10.7 Å². The second kappa shape index (κ2) is 8.14. The number of benzene rings is 1. The summed E-state index contributed by atoms with van der Waals surface area (Å²) >= 11 is 1.16. The van der Waals surface area contributed by atoms with E-state index in [1.54, 1.807) is 6.92 Å². The number of anilines is 2. The number of thiazole rings is 1. The number of nitrogens with one attached hydrogen (secondary N) is 2. The summed E-state index contributed by atoms with van der Waals surface area (Å²) in [5.41, 5.74) is -1.29. The largest absolute Gasteiger partial charge is 0.434 e. The number of carbonyl (C=O) groups excluding carboxylic acids is 2. The average Bonchev–Trinajstić information content (AvgIpc) is 3.10. The number of rotatable bonds is 4. The molecule has 12 heteroatoms. The van der Waals surface area contributed by atoms with Crippen LogP contribution >= 0.6 is 11.3 Å². The maximum atomic E-state index is 14.3. The van der Waals surface area contributed by atoms with Crippen LogP contribution in [0.5, 0.6) is 0 Å². The molecule has 2 amide bonds. The van der Waals surface area contributed by atoms with Crippen molar-refractivity contribution < 1.29 is 27.2 Å². The number of hydrogen-bond acceptors (Lipinski definition) is 6. The van der Waals surface area contributed by atoms with Crippen LogP contribution in [-0.2, 0) is 6.18 Å². The molecule has 0 saturated carbocycles. The van der Waals surface area contributed by atoms with Gasteiger partial charge in [0.05, 0.1) is 29.2 Å². The summed E-state index contributed by atoms with van der Waals surface area (Å²) in [5, 5.41) is 5.32. The van der Waals surface area contributed by atoms with Crippen molar-refractivity contribution in [2.45, 2.75) is 20.0 Å². The molecule has 0 unspecified atom stereocenters. The molecule has 2 N–H and O–H groups in total. The van der Waals surface area contributed by atoms with Gasteiger partial charge in [-0.1, -0.05) is 0 Å². The molecule has 0 spiro atoms. The van der Waals surface area contributed by atoms with Gasteiger partial charge in [-0.2, -0.15) is 13.2 Å². The molecular formula is C18H13F4N5O2S. The summed E-state index contributed by atoms with van der Waals surface area (Å²) in [6, 6.07) is 2.12. The second-order valence-corrected chi connectivity index (χ2v) is 7.32. The Labute approximate surface area is 171 Å². The first-order valence-corrected chi connectivity index (χ1v) is 9.11. The van der Waals surface area contributed by atoms with Crippen molar-refractivity contribution in [3.8, 4) is 0 Å². The number of hydrogen-bond donors (Lipinski definition) is 2. The minimum absolute atomic E-state index is 0.160. The van der Waals surface area contributed by atoms with Crippen molar-refractivity contribution >= 4 is 34.7 Å². The third-order valence-electron chi connectivity index (χ3n) is 3.82. The van der Waals surface area contributed by atoms with E-state index in [9.17, 15) is 27.2 Å². The van der Waals surface area contributed by atoms with Gasteiger partial charge >= 0.3 is 6.18 Å². The standard InChI is InChI=1S/C18H13F4N5O2S/c1-8-3-11(19)10(4-12(8)25-17(29)13-5-24-9(2)30-13)16(28)27-15-7-23-6-14(26-15)18(20,21)22/h3-7H,1-2H3,(H,25,29)(H,26,27,28). The maximum absolute atomic E-state index is 14.3. The predicted octanol–water partition coefficient (Wildman–Crippen LogP) is 4.21. The first kappa shape index (κ1) is 21.3. The van der Waals surface area contributed by atoms with Gasteiger partial charge in [0.2, 0.25) is 0 Å². The molecular weight excluding hydrogens is 426 g/mol. The number of halogens is 4. The Kier molecular flexibility index (Phi) is 5.78. The summed E-state index contributed by atoms with van der Waals surface area (Å²) in [7, 11) is 0. The lowest BCUT2D eigenvalue weighted by molar-refractivity contribution is -0.141. The average molecular weight is 439 g/mol. The van der Waals surface area contributed by atoms with Crippen LogP contribution in [0.15, 0.2) is 30.7 Å². The van der Waals surface area contributed by atoms with E-state index in [-0.39, 0.29) is 5.69 Å². The van der Waals surface area contributed by atoms with Gasteiger partial charge in [0.15, 0.2) is 11.5 Å². The van der Waals surface area contributed by atoms with E-state index in [4.69, 9.17) is 0 Å². The van der Waals surface area contributed by atoms with Crippen LogP contribution in [0.3, 0.4) is 0 Å². The van der Waals surface area contributed by atoms with E-state index < -0.39 is 40.9 Å². The lowest BCUT2D eigenvalue weighted by Gasteiger charge is -2.12. The Morgan fingerprint density at radius 1 is 1.03 bits per heavy atom. The molecule has 3 aromatic rings. The Hall–Kier alpha value is -3.41. The highest BCUT2D eigenvalue weighted by atomic mass is 32.1. The molecule has 0 bridgehead atoms. The Morgan fingerprint density at radius 2 is 1.77 bits per heavy atom.